The number of rotatable bonds is 3. The summed E-state index contributed by atoms with van der Waals surface area (Å²) in [5.41, 5.74) is -0.391. The molecule has 1 atom stereocenters. The third-order valence-electron chi connectivity index (χ3n) is 4.30. The first-order chi connectivity index (χ1) is 10.1. The van der Waals surface area contributed by atoms with E-state index in [0.29, 0.717) is 5.92 Å². The molecule has 2 heterocycles. The van der Waals surface area contributed by atoms with Gasteiger partial charge in [-0.1, -0.05) is 12.3 Å². The molecule has 0 aliphatic carbocycles. The molecule has 0 aromatic heterocycles. The molecular weight excluding hydrogens is 264 g/mol. The lowest BCUT2D eigenvalue weighted by molar-refractivity contribution is -0.000326. The van der Waals surface area contributed by atoms with Crippen LogP contribution < -0.4 is 5.32 Å². The van der Waals surface area contributed by atoms with Gasteiger partial charge in [-0.15, -0.1) is 0 Å². The van der Waals surface area contributed by atoms with Gasteiger partial charge in [0.2, 0.25) is 0 Å². The van der Waals surface area contributed by atoms with Crippen LogP contribution in [0, 0.1) is 18.8 Å². The molecular formula is C17H30N2O2-2. The van der Waals surface area contributed by atoms with E-state index in [-0.39, 0.29) is 6.09 Å². The number of hydrogen-bond donors (Lipinski definition) is 1. The van der Waals surface area contributed by atoms with Crippen LogP contribution in [-0.2, 0) is 4.74 Å². The van der Waals surface area contributed by atoms with Gasteiger partial charge in [0.05, 0.1) is 0 Å². The summed E-state index contributed by atoms with van der Waals surface area (Å²) in [7, 11) is 0. The number of hydrogen-bond acceptors (Lipinski definition) is 3. The van der Waals surface area contributed by atoms with Crippen LogP contribution >= 0.6 is 0 Å². The van der Waals surface area contributed by atoms with Crippen molar-refractivity contribution in [1.29, 1.82) is 0 Å². The Hall–Kier alpha value is -0.770. The number of carbonyl (C=O) groups is 1. The highest BCUT2D eigenvalue weighted by molar-refractivity contribution is 5.68. The Balaban J connectivity index is 1.82. The minimum atomic E-state index is -0.391. The van der Waals surface area contributed by atoms with Crippen molar-refractivity contribution < 1.29 is 9.53 Å². The average molecular weight is 294 g/mol. The topological polar surface area (TPSA) is 41.6 Å². The maximum atomic E-state index is 12.3. The fourth-order valence-electron chi connectivity index (χ4n) is 3.25. The molecule has 4 nitrogen and oxygen atoms in total. The Labute approximate surface area is 129 Å². The van der Waals surface area contributed by atoms with Crippen molar-refractivity contribution in [3.05, 3.63) is 12.8 Å². The largest absolute Gasteiger partial charge is 0.443 e. The summed E-state index contributed by atoms with van der Waals surface area (Å²) in [5, 5.41) is 3.46. The van der Waals surface area contributed by atoms with Crippen molar-refractivity contribution in [3.63, 3.8) is 0 Å². The van der Waals surface area contributed by atoms with Gasteiger partial charge in [-0.2, -0.15) is 25.7 Å². The van der Waals surface area contributed by atoms with Crippen LogP contribution in [0.2, 0.25) is 0 Å². The van der Waals surface area contributed by atoms with E-state index in [1.807, 2.05) is 18.7 Å². The van der Waals surface area contributed by atoms with Gasteiger partial charge in [0.25, 0.3) is 0 Å². The molecule has 2 aliphatic rings. The Morgan fingerprint density at radius 3 is 3.00 bits per heavy atom. The molecule has 0 radical (unpaired) electrons. The smallest absolute Gasteiger partial charge is 0.410 e. The predicted molar refractivity (Wildman–Crippen MR) is 84.8 cm³/mol. The molecule has 0 spiro atoms. The molecule has 0 bridgehead atoms. The predicted octanol–water partition coefficient (Wildman–Crippen LogP) is 3.19. The summed E-state index contributed by atoms with van der Waals surface area (Å²) in [5.74, 6) is 0.563. The van der Waals surface area contributed by atoms with E-state index < -0.39 is 5.60 Å². The molecule has 0 aromatic carbocycles. The van der Waals surface area contributed by atoms with Gasteiger partial charge in [-0.05, 0) is 39.9 Å². The lowest BCUT2D eigenvalue weighted by Gasteiger charge is -2.33. The molecule has 1 unspecified atom stereocenters. The van der Waals surface area contributed by atoms with Crippen LogP contribution in [0.25, 0.3) is 0 Å². The van der Waals surface area contributed by atoms with Crippen molar-refractivity contribution in [1.82, 2.24) is 10.2 Å². The van der Waals surface area contributed by atoms with Crippen molar-refractivity contribution >= 4 is 6.09 Å². The van der Waals surface area contributed by atoms with E-state index in [2.05, 4.69) is 18.2 Å². The lowest BCUT2D eigenvalue weighted by atomic mass is 9.90. The Bertz CT molecular complexity index is 315. The zero-order valence-electron chi connectivity index (χ0n) is 13.6. The number of carbonyl (C=O) groups excluding carboxylic acids is 1. The maximum absolute atomic E-state index is 12.3. The molecule has 2 rings (SSSR count). The van der Waals surface area contributed by atoms with E-state index in [1.54, 1.807) is 0 Å². The number of nitrogens with zero attached hydrogens (tertiary/aromatic N) is 1. The molecule has 1 N–H and O–H groups in total. The van der Waals surface area contributed by atoms with Crippen molar-refractivity contribution in [2.75, 3.05) is 26.2 Å². The number of likely N-dealkylation sites (tertiary alicyclic amines) is 1. The summed E-state index contributed by atoms with van der Waals surface area (Å²) < 4.78 is 5.81. The highest BCUT2D eigenvalue weighted by Crippen LogP contribution is 2.26. The first-order valence-electron chi connectivity index (χ1n) is 8.39. The molecule has 122 valence electrons. The van der Waals surface area contributed by atoms with Gasteiger partial charge in [0, 0.05) is 6.54 Å². The van der Waals surface area contributed by atoms with Crippen LogP contribution in [-0.4, -0.2) is 42.8 Å². The molecule has 1 amide bonds. The molecule has 2 fully saturated rings. The van der Waals surface area contributed by atoms with Crippen LogP contribution in [0.5, 0.6) is 0 Å². The van der Waals surface area contributed by atoms with Crippen molar-refractivity contribution in [2.24, 2.45) is 5.92 Å². The van der Waals surface area contributed by atoms with Gasteiger partial charge in [0.15, 0.2) is 0 Å². The van der Waals surface area contributed by atoms with Gasteiger partial charge in [-0.25, -0.2) is 4.79 Å². The van der Waals surface area contributed by atoms with Crippen LogP contribution in [0.3, 0.4) is 0 Å². The first-order valence-corrected chi connectivity index (χ1v) is 8.39. The standard InChI is InChI=1S/C17H30N2O2/c1-17(2,13-15-9-5-6-10-18-14-15)21-16(20)19-11-7-3-4-8-12-19/h3,5,15,18H,4,6-14H2,1-2H3/q-2. The van der Waals surface area contributed by atoms with E-state index in [9.17, 15) is 4.79 Å². The minimum absolute atomic E-state index is 0.138. The Morgan fingerprint density at radius 1 is 1.29 bits per heavy atom. The van der Waals surface area contributed by atoms with Crippen LogP contribution in [0.1, 0.15) is 52.4 Å². The van der Waals surface area contributed by atoms with Crippen molar-refractivity contribution in [2.45, 2.75) is 58.0 Å². The summed E-state index contributed by atoms with van der Waals surface area (Å²) in [4.78, 5) is 14.2. The van der Waals surface area contributed by atoms with Gasteiger partial charge in [-0.3, -0.25) is 0 Å². The quantitative estimate of drug-likeness (QED) is 0.813. The molecule has 21 heavy (non-hydrogen) atoms. The minimum Gasteiger partial charge on any atom is -0.443 e. The van der Waals surface area contributed by atoms with Gasteiger partial charge >= 0.3 is 6.09 Å². The average Bonchev–Trinajstić information content (AvgIpc) is 2.81. The number of ether oxygens (including phenoxy) is 1. The zero-order chi connectivity index (χ0) is 15.1. The fourth-order valence-corrected chi connectivity index (χ4v) is 3.25. The number of amides is 1. The Kier molecular flexibility index (Phi) is 6.34. The van der Waals surface area contributed by atoms with E-state index >= 15 is 0 Å². The second kappa shape index (κ2) is 8.02. The fraction of sp³-hybridized carbons (Fsp3) is 0.824. The maximum Gasteiger partial charge on any atom is 0.410 e. The van der Waals surface area contributed by atoms with E-state index in [1.165, 1.54) is 0 Å². The molecule has 2 aliphatic heterocycles. The van der Waals surface area contributed by atoms with Gasteiger partial charge in [0.1, 0.15) is 5.60 Å². The highest BCUT2D eigenvalue weighted by atomic mass is 16.6. The zero-order valence-corrected chi connectivity index (χ0v) is 13.6. The molecule has 0 aromatic rings. The highest BCUT2D eigenvalue weighted by Gasteiger charge is 2.28. The lowest BCUT2D eigenvalue weighted by Crippen LogP contribution is -2.40. The monoisotopic (exact) mass is 294 g/mol. The summed E-state index contributed by atoms with van der Waals surface area (Å²) >= 11 is 0. The number of nitrogens with one attached hydrogen (secondary N) is 1. The summed E-state index contributed by atoms with van der Waals surface area (Å²) in [6.45, 7) is 7.80. The third-order valence-corrected chi connectivity index (χ3v) is 4.30. The van der Waals surface area contributed by atoms with Gasteiger partial charge < -0.3 is 27.8 Å². The SMILES string of the molecule is CC(C)(CC1C[CH-]CCNC1)OC(=O)N1CC[CH-]CCC1. The van der Waals surface area contributed by atoms with Crippen LogP contribution in [0.4, 0.5) is 4.79 Å². The van der Waals surface area contributed by atoms with E-state index in [4.69, 9.17) is 4.74 Å². The summed E-state index contributed by atoms with van der Waals surface area (Å²) in [6, 6.07) is 0. The Morgan fingerprint density at radius 2 is 2.14 bits per heavy atom. The normalized spacial score (nSPS) is 25.0. The third kappa shape index (κ3) is 5.85. The molecule has 0 saturated carbocycles. The molecule has 2 saturated heterocycles. The summed E-state index contributed by atoms with van der Waals surface area (Å²) in [6.07, 6.45) is 10.8. The van der Waals surface area contributed by atoms with Crippen LogP contribution in [0.15, 0.2) is 0 Å². The second-order valence-corrected chi connectivity index (χ2v) is 6.92. The molecule has 4 heteroatoms. The second-order valence-electron chi connectivity index (χ2n) is 6.92. The first kappa shape index (κ1) is 16.6. The van der Waals surface area contributed by atoms with E-state index in [0.717, 1.165) is 64.7 Å². The van der Waals surface area contributed by atoms with Crippen molar-refractivity contribution in [3.8, 4) is 0 Å².